The van der Waals surface area contributed by atoms with Crippen molar-refractivity contribution in [3.05, 3.63) is 58.5 Å². The predicted molar refractivity (Wildman–Crippen MR) is 104 cm³/mol. The van der Waals surface area contributed by atoms with Crippen LogP contribution in [-0.4, -0.2) is 31.4 Å². The third-order valence-electron chi connectivity index (χ3n) is 5.14. The molecule has 5 heteroatoms. The summed E-state index contributed by atoms with van der Waals surface area (Å²) >= 11 is 6.31. The molecule has 1 aromatic carbocycles. The molecule has 26 heavy (non-hydrogen) atoms. The van der Waals surface area contributed by atoms with Crippen molar-refractivity contribution in [2.24, 2.45) is 5.92 Å². The lowest BCUT2D eigenvalue weighted by molar-refractivity contribution is -0.121. The van der Waals surface area contributed by atoms with E-state index < -0.39 is 0 Å². The number of carbonyl (C=O) groups excluding carboxylic acids is 1. The highest BCUT2D eigenvalue weighted by atomic mass is 35.5. The van der Waals surface area contributed by atoms with E-state index in [1.54, 1.807) is 0 Å². The highest BCUT2D eigenvalue weighted by Crippen LogP contribution is 2.47. The summed E-state index contributed by atoms with van der Waals surface area (Å²) < 4.78 is 5.87. The zero-order valence-corrected chi connectivity index (χ0v) is 16.4. The van der Waals surface area contributed by atoms with Crippen molar-refractivity contribution in [3.8, 4) is 0 Å². The number of nitrogens with one attached hydrogen (secondary N) is 1. The summed E-state index contributed by atoms with van der Waals surface area (Å²) in [4.78, 5) is 14.3. The largest absolute Gasteiger partial charge is 0.466 e. The topological polar surface area (TPSA) is 45.5 Å². The summed E-state index contributed by atoms with van der Waals surface area (Å²) in [5.41, 5.74) is 1.02. The van der Waals surface area contributed by atoms with Gasteiger partial charge in [-0.3, -0.25) is 4.79 Å². The van der Waals surface area contributed by atoms with E-state index in [9.17, 15) is 4.79 Å². The van der Waals surface area contributed by atoms with Gasteiger partial charge in [-0.25, -0.2) is 0 Å². The predicted octanol–water partition coefficient (Wildman–Crippen LogP) is 4.41. The van der Waals surface area contributed by atoms with Gasteiger partial charge in [0.15, 0.2) is 0 Å². The molecule has 1 saturated carbocycles. The summed E-state index contributed by atoms with van der Waals surface area (Å²) in [7, 11) is 3.98. The Morgan fingerprint density at radius 2 is 2.04 bits per heavy atom. The molecular formula is C21H27ClN2O2. The first kappa shape index (κ1) is 19.0. The average Bonchev–Trinajstić information content (AvgIpc) is 3.15. The number of nitrogens with zero attached hydrogens (tertiary/aromatic N) is 1. The van der Waals surface area contributed by atoms with Crippen molar-refractivity contribution in [1.29, 1.82) is 0 Å². The normalized spacial score (nSPS) is 20.2. The fourth-order valence-corrected chi connectivity index (χ4v) is 3.56. The molecule has 0 bridgehead atoms. The Morgan fingerprint density at radius 1 is 1.31 bits per heavy atom. The van der Waals surface area contributed by atoms with Crippen LogP contribution >= 0.6 is 11.6 Å². The Morgan fingerprint density at radius 3 is 2.69 bits per heavy atom. The third kappa shape index (κ3) is 4.68. The van der Waals surface area contributed by atoms with E-state index >= 15 is 0 Å². The van der Waals surface area contributed by atoms with Crippen LogP contribution in [0, 0.1) is 5.92 Å². The summed E-state index contributed by atoms with van der Waals surface area (Å²) in [5.74, 6) is 3.30. The van der Waals surface area contributed by atoms with E-state index in [-0.39, 0.29) is 11.9 Å². The van der Waals surface area contributed by atoms with Gasteiger partial charge in [-0.05, 0) is 50.2 Å². The first-order valence-electron chi connectivity index (χ1n) is 9.22. The van der Waals surface area contributed by atoms with E-state index in [2.05, 4.69) is 23.2 Å². The molecule has 0 radical (unpaired) electrons. The minimum atomic E-state index is 0.0293. The van der Waals surface area contributed by atoms with Crippen LogP contribution in [-0.2, 0) is 11.2 Å². The van der Waals surface area contributed by atoms with Gasteiger partial charge in [0.1, 0.15) is 11.5 Å². The molecule has 3 unspecified atom stereocenters. The molecule has 0 saturated heterocycles. The van der Waals surface area contributed by atoms with Crippen LogP contribution < -0.4 is 5.32 Å². The minimum Gasteiger partial charge on any atom is -0.466 e. The van der Waals surface area contributed by atoms with Gasteiger partial charge in [0.25, 0.3) is 0 Å². The van der Waals surface area contributed by atoms with Crippen LogP contribution in [0.2, 0.25) is 5.02 Å². The van der Waals surface area contributed by atoms with Crippen LogP contribution in [0.5, 0.6) is 0 Å². The molecular weight excluding hydrogens is 348 g/mol. The van der Waals surface area contributed by atoms with Crippen molar-refractivity contribution in [2.45, 2.75) is 38.1 Å². The number of benzene rings is 1. The second kappa shape index (κ2) is 8.28. The molecule has 1 aliphatic carbocycles. The lowest BCUT2D eigenvalue weighted by atomic mass is 10.1. The molecule has 1 heterocycles. The number of carbonyl (C=O) groups is 1. The molecule has 1 aliphatic rings. The molecule has 1 N–H and O–H groups in total. The highest BCUT2D eigenvalue weighted by Gasteiger charge is 2.36. The molecule has 2 aromatic rings. The van der Waals surface area contributed by atoms with E-state index in [4.69, 9.17) is 16.0 Å². The van der Waals surface area contributed by atoms with Crippen LogP contribution in [0.3, 0.4) is 0 Å². The van der Waals surface area contributed by atoms with Crippen LogP contribution in [0.1, 0.15) is 48.8 Å². The standard InChI is InChI=1S/C21H27ClN2O2/c1-14-12-17(14)20-10-8-15(26-20)9-11-21(25)23-13-19(24(2)3)16-6-4-5-7-18(16)22/h4-8,10,14,17,19H,9,11-13H2,1-3H3,(H,23,25). The molecule has 0 spiro atoms. The van der Waals surface area contributed by atoms with Crippen LogP contribution in [0.15, 0.2) is 40.8 Å². The van der Waals surface area contributed by atoms with Gasteiger partial charge in [0.2, 0.25) is 5.91 Å². The third-order valence-corrected chi connectivity index (χ3v) is 5.48. The molecule has 3 rings (SSSR count). The average molecular weight is 375 g/mol. The Kier molecular flexibility index (Phi) is 6.05. The first-order chi connectivity index (χ1) is 12.5. The number of halogens is 1. The molecule has 1 amide bonds. The Balaban J connectivity index is 1.49. The second-order valence-corrected chi connectivity index (χ2v) is 7.84. The number of hydrogen-bond donors (Lipinski definition) is 1. The molecule has 140 valence electrons. The Labute approximate surface area is 160 Å². The quantitative estimate of drug-likeness (QED) is 0.744. The van der Waals surface area contributed by atoms with Gasteiger partial charge in [-0.1, -0.05) is 36.7 Å². The lowest BCUT2D eigenvalue weighted by Gasteiger charge is -2.26. The van der Waals surface area contributed by atoms with E-state index in [0.29, 0.717) is 25.3 Å². The number of rotatable bonds is 8. The SMILES string of the molecule is CC1CC1c1ccc(CCC(=O)NCC(c2ccccc2Cl)N(C)C)o1. The van der Waals surface area contributed by atoms with E-state index in [1.165, 1.54) is 6.42 Å². The van der Waals surface area contributed by atoms with Gasteiger partial charge in [-0.2, -0.15) is 0 Å². The summed E-state index contributed by atoms with van der Waals surface area (Å²) in [6.07, 6.45) is 2.27. The lowest BCUT2D eigenvalue weighted by Crippen LogP contribution is -2.34. The van der Waals surface area contributed by atoms with Crippen LogP contribution in [0.25, 0.3) is 0 Å². The second-order valence-electron chi connectivity index (χ2n) is 7.43. The number of hydrogen-bond acceptors (Lipinski definition) is 3. The zero-order valence-electron chi connectivity index (χ0n) is 15.7. The van der Waals surface area contributed by atoms with Gasteiger partial charge >= 0.3 is 0 Å². The van der Waals surface area contributed by atoms with Gasteiger partial charge < -0.3 is 14.6 Å². The monoisotopic (exact) mass is 374 g/mol. The number of aryl methyl sites for hydroxylation is 1. The maximum atomic E-state index is 12.3. The van der Waals surface area contributed by atoms with Gasteiger partial charge in [-0.15, -0.1) is 0 Å². The first-order valence-corrected chi connectivity index (χ1v) is 9.59. The van der Waals surface area contributed by atoms with Crippen LogP contribution in [0.4, 0.5) is 0 Å². The van der Waals surface area contributed by atoms with Crippen molar-refractivity contribution in [1.82, 2.24) is 10.2 Å². The molecule has 0 aliphatic heterocycles. The fourth-order valence-electron chi connectivity index (χ4n) is 3.30. The maximum absolute atomic E-state index is 12.3. The minimum absolute atomic E-state index is 0.0293. The molecule has 3 atom stereocenters. The molecule has 1 fully saturated rings. The van der Waals surface area contributed by atoms with Crippen molar-refractivity contribution < 1.29 is 9.21 Å². The van der Waals surface area contributed by atoms with Crippen molar-refractivity contribution in [3.63, 3.8) is 0 Å². The van der Waals surface area contributed by atoms with Crippen molar-refractivity contribution >= 4 is 17.5 Å². The number of likely N-dealkylation sites (N-methyl/N-ethyl adjacent to an activating group) is 1. The number of furan rings is 1. The zero-order chi connectivity index (χ0) is 18.7. The fraction of sp³-hybridized carbons (Fsp3) is 0.476. The number of amides is 1. The van der Waals surface area contributed by atoms with Crippen molar-refractivity contribution in [2.75, 3.05) is 20.6 Å². The Bertz CT molecular complexity index is 756. The van der Waals surface area contributed by atoms with E-state index in [1.807, 2.05) is 44.4 Å². The summed E-state index contributed by atoms with van der Waals surface area (Å²) in [6.45, 7) is 2.76. The summed E-state index contributed by atoms with van der Waals surface area (Å²) in [5, 5.41) is 3.75. The summed E-state index contributed by atoms with van der Waals surface area (Å²) in [6, 6.07) is 11.9. The molecule has 4 nitrogen and oxygen atoms in total. The smallest absolute Gasteiger partial charge is 0.220 e. The van der Waals surface area contributed by atoms with Gasteiger partial charge in [0, 0.05) is 30.3 Å². The molecule has 1 aromatic heterocycles. The van der Waals surface area contributed by atoms with Gasteiger partial charge in [0.05, 0.1) is 6.04 Å². The highest BCUT2D eigenvalue weighted by molar-refractivity contribution is 6.31. The Hall–Kier alpha value is -1.78. The van der Waals surface area contributed by atoms with E-state index in [0.717, 1.165) is 28.0 Å². The maximum Gasteiger partial charge on any atom is 0.220 e.